The molecule has 0 bridgehead atoms. The molecule has 29 heavy (non-hydrogen) atoms. The number of benzene rings is 1. The number of amides is 3. The molecule has 3 N–H and O–H groups in total. The van der Waals surface area contributed by atoms with Gasteiger partial charge in [0, 0.05) is 38.0 Å². The molecule has 0 aliphatic carbocycles. The molecule has 0 radical (unpaired) electrons. The number of carbonyl (C=O) groups is 3. The van der Waals surface area contributed by atoms with Crippen LogP contribution >= 0.6 is 0 Å². The summed E-state index contributed by atoms with van der Waals surface area (Å²) in [4.78, 5) is 37.6. The topological polar surface area (TPSA) is 90.5 Å². The van der Waals surface area contributed by atoms with Gasteiger partial charge in [0.25, 0.3) is 11.8 Å². The van der Waals surface area contributed by atoms with E-state index in [1.807, 2.05) is 6.07 Å². The minimum absolute atomic E-state index is 0.190. The summed E-state index contributed by atoms with van der Waals surface area (Å²) < 4.78 is 28.4. The lowest BCUT2D eigenvalue weighted by atomic mass is 10.0. The molecule has 2 unspecified atom stereocenters. The van der Waals surface area contributed by atoms with Gasteiger partial charge in [-0.25, -0.2) is 8.78 Å². The predicted molar refractivity (Wildman–Crippen MR) is 100 cm³/mol. The van der Waals surface area contributed by atoms with Crippen molar-refractivity contribution in [2.45, 2.75) is 56.8 Å². The van der Waals surface area contributed by atoms with Crippen molar-refractivity contribution < 1.29 is 23.2 Å². The van der Waals surface area contributed by atoms with Crippen molar-refractivity contribution in [1.82, 2.24) is 20.9 Å². The maximum absolute atomic E-state index is 14.2. The third kappa shape index (κ3) is 4.02. The Morgan fingerprint density at radius 3 is 2.79 bits per heavy atom. The molecule has 0 saturated carbocycles. The molecule has 3 aliphatic heterocycles. The lowest BCUT2D eigenvalue weighted by Gasteiger charge is -2.29. The number of rotatable bonds is 4. The first-order valence-electron chi connectivity index (χ1n) is 9.93. The van der Waals surface area contributed by atoms with Crippen LogP contribution in [0.5, 0.6) is 0 Å². The van der Waals surface area contributed by atoms with E-state index in [1.165, 1.54) is 4.90 Å². The van der Waals surface area contributed by atoms with E-state index >= 15 is 0 Å². The normalized spacial score (nSPS) is 26.8. The van der Waals surface area contributed by atoms with Crippen LogP contribution in [0.25, 0.3) is 0 Å². The zero-order valence-electron chi connectivity index (χ0n) is 16.0. The van der Waals surface area contributed by atoms with Crippen molar-refractivity contribution in [2.75, 3.05) is 13.1 Å². The lowest BCUT2D eigenvalue weighted by molar-refractivity contribution is -0.136. The molecule has 1 aromatic rings. The zero-order chi connectivity index (χ0) is 20.6. The zero-order valence-corrected chi connectivity index (χ0v) is 16.0. The summed E-state index contributed by atoms with van der Waals surface area (Å²) in [5.41, 5.74) is 2.10. The van der Waals surface area contributed by atoms with Crippen LogP contribution in [-0.4, -0.2) is 53.7 Å². The molecule has 3 heterocycles. The molecule has 2 fully saturated rings. The van der Waals surface area contributed by atoms with Crippen LogP contribution in [0.2, 0.25) is 0 Å². The predicted octanol–water partition coefficient (Wildman–Crippen LogP) is 0.924. The van der Waals surface area contributed by atoms with Gasteiger partial charge in [-0.2, -0.15) is 0 Å². The Hall–Kier alpha value is -2.39. The first-order valence-corrected chi connectivity index (χ1v) is 9.93. The SMILES string of the molecule is O=C1CCC(N2Cc3cc(CNC4CCNCCC4(F)F)ccc3C2=O)C(=O)N1. The second-order valence-corrected chi connectivity index (χ2v) is 7.87. The Balaban J connectivity index is 1.43. The number of carbonyl (C=O) groups excluding carboxylic acids is 3. The molecule has 9 heteroatoms. The Labute approximate surface area is 167 Å². The quantitative estimate of drug-likeness (QED) is 0.647. The van der Waals surface area contributed by atoms with Crippen molar-refractivity contribution >= 4 is 17.7 Å². The van der Waals surface area contributed by atoms with Crippen LogP contribution in [0, 0.1) is 0 Å². The van der Waals surface area contributed by atoms with Crippen molar-refractivity contribution in [3.05, 3.63) is 34.9 Å². The third-order valence-electron chi connectivity index (χ3n) is 5.90. The van der Waals surface area contributed by atoms with E-state index in [1.54, 1.807) is 12.1 Å². The van der Waals surface area contributed by atoms with Crippen LogP contribution < -0.4 is 16.0 Å². The fraction of sp³-hybridized carbons (Fsp3) is 0.550. The highest BCUT2D eigenvalue weighted by Crippen LogP contribution is 2.29. The van der Waals surface area contributed by atoms with Crippen molar-refractivity contribution in [3.63, 3.8) is 0 Å². The number of halogens is 2. The maximum atomic E-state index is 14.2. The average molecular weight is 406 g/mol. The highest BCUT2D eigenvalue weighted by molar-refractivity contribution is 6.05. The lowest BCUT2D eigenvalue weighted by Crippen LogP contribution is -2.52. The largest absolute Gasteiger partial charge is 0.322 e. The molecule has 0 aromatic heterocycles. The van der Waals surface area contributed by atoms with Crippen molar-refractivity contribution in [1.29, 1.82) is 0 Å². The van der Waals surface area contributed by atoms with Gasteiger partial charge in [-0.1, -0.05) is 12.1 Å². The number of hydrogen-bond acceptors (Lipinski definition) is 5. The molecule has 3 amide bonds. The van der Waals surface area contributed by atoms with Crippen LogP contribution in [0.3, 0.4) is 0 Å². The fourth-order valence-corrected chi connectivity index (χ4v) is 4.24. The first-order chi connectivity index (χ1) is 13.8. The maximum Gasteiger partial charge on any atom is 0.264 e. The fourth-order valence-electron chi connectivity index (χ4n) is 4.24. The van der Waals surface area contributed by atoms with E-state index in [2.05, 4.69) is 16.0 Å². The molecular weight excluding hydrogens is 382 g/mol. The van der Waals surface area contributed by atoms with Crippen LogP contribution in [-0.2, 0) is 22.7 Å². The molecule has 1 aromatic carbocycles. The van der Waals surface area contributed by atoms with Gasteiger partial charge in [-0.15, -0.1) is 0 Å². The Kier molecular flexibility index (Phi) is 5.35. The van der Waals surface area contributed by atoms with Crippen molar-refractivity contribution in [3.8, 4) is 0 Å². The van der Waals surface area contributed by atoms with Gasteiger partial charge in [0.05, 0.1) is 6.04 Å². The van der Waals surface area contributed by atoms with E-state index in [4.69, 9.17) is 0 Å². The molecule has 4 rings (SSSR count). The molecular formula is C20H24F2N4O3. The number of imide groups is 1. The average Bonchev–Trinajstić information content (AvgIpc) is 2.88. The van der Waals surface area contributed by atoms with E-state index in [9.17, 15) is 23.2 Å². The summed E-state index contributed by atoms with van der Waals surface area (Å²) in [6, 6.07) is 3.72. The molecule has 156 valence electrons. The van der Waals surface area contributed by atoms with Gasteiger partial charge in [0.15, 0.2) is 0 Å². The van der Waals surface area contributed by atoms with Crippen molar-refractivity contribution in [2.24, 2.45) is 0 Å². The van der Waals surface area contributed by atoms with E-state index in [0.29, 0.717) is 31.5 Å². The summed E-state index contributed by atoms with van der Waals surface area (Å²) in [5.74, 6) is -3.78. The second kappa shape index (κ2) is 7.79. The van der Waals surface area contributed by atoms with E-state index in [0.717, 1.165) is 11.1 Å². The van der Waals surface area contributed by atoms with Gasteiger partial charge < -0.3 is 15.5 Å². The highest BCUT2D eigenvalue weighted by Gasteiger charge is 2.40. The highest BCUT2D eigenvalue weighted by atomic mass is 19.3. The molecule has 2 saturated heterocycles. The number of hydrogen-bond donors (Lipinski definition) is 3. The van der Waals surface area contributed by atoms with Gasteiger partial charge in [-0.05, 0) is 36.6 Å². The first kappa shape index (κ1) is 19.9. The summed E-state index contributed by atoms with van der Waals surface area (Å²) in [6.07, 6.45) is 0.670. The Bertz CT molecular complexity index is 845. The number of nitrogens with zero attached hydrogens (tertiary/aromatic N) is 1. The second-order valence-electron chi connectivity index (χ2n) is 7.87. The Morgan fingerprint density at radius 1 is 1.17 bits per heavy atom. The number of fused-ring (bicyclic) bond motifs is 1. The Morgan fingerprint density at radius 2 is 2.00 bits per heavy atom. The number of nitrogens with one attached hydrogen (secondary N) is 3. The van der Waals surface area contributed by atoms with Gasteiger partial charge in [0.1, 0.15) is 6.04 Å². The monoisotopic (exact) mass is 406 g/mol. The van der Waals surface area contributed by atoms with E-state index < -0.39 is 23.9 Å². The summed E-state index contributed by atoms with van der Waals surface area (Å²) in [5, 5.41) is 8.24. The summed E-state index contributed by atoms with van der Waals surface area (Å²) >= 11 is 0. The third-order valence-corrected chi connectivity index (χ3v) is 5.90. The van der Waals surface area contributed by atoms with Crippen LogP contribution in [0.15, 0.2) is 18.2 Å². The van der Waals surface area contributed by atoms with E-state index in [-0.39, 0.29) is 37.7 Å². The van der Waals surface area contributed by atoms with Crippen LogP contribution in [0.1, 0.15) is 47.2 Å². The van der Waals surface area contributed by atoms with Crippen LogP contribution in [0.4, 0.5) is 8.78 Å². The van der Waals surface area contributed by atoms with Gasteiger partial charge in [0.2, 0.25) is 11.8 Å². The van der Waals surface area contributed by atoms with Gasteiger partial charge in [-0.3, -0.25) is 19.7 Å². The smallest absolute Gasteiger partial charge is 0.264 e. The van der Waals surface area contributed by atoms with Gasteiger partial charge >= 0.3 is 0 Å². The summed E-state index contributed by atoms with van der Waals surface area (Å²) in [6.45, 7) is 1.41. The summed E-state index contributed by atoms with van der Waals surface area (Å²) in [7, 11) is 0. The standard InChI is InChI=1S/C20H24F2N4O3/c21-20(22)6-8-23-7-5-16(20)24-10-12-1-2-14-13(9-12)11-26(19(14)29)15-3-4-17(27)25-18(15)28/h1-2,9,15-16,23-24H,3-8,10-11H2,(H,25,27,28). The minimum Gasteiger partial charge on any atom is -0.322 e. The molecule has 2 atom stereocenters. The molecule has 7 nitrogen and oxygen atoms in total. The number of piperidine rings is 1. The molecule has 0 spiro atoms. The minimum atomic E-state index is -2.77. The number of alkyl halides is 2. The molecule has 3 aliphatic rings.